The number of nitrogens with zero attached hydrogens (tertiary/aromatic N) is 2. The van der Waals surface area contributed by atoms with Gasteiger partial charge < -0.3 is 0 Å². The molecule has 0 saturated carbocycles. The molecular weight excluding hydrogens is 331 g/mol. The van der Waals surface area contributed by atoms with Crippen molar-refractivity contribution in [3.63, 3.8) is 0 Å². The van der Waals surface area contributed by atoms with E-state index in [9.17, 15) is 8.42 Å². The average molecular weight is 349 g/mol. The summed E-state index contributed by atoms with van der Waals surface area (Å²) in [4.78, 5) is 2.26. The monoisotopic (exact) mass is 348 g/mol. The molecule has 0 spiro atoms. The number of hydrogen-bond acceptors (Lipinski definition) is 3. The number of benzene rings is 1. The molecule has 116 valence electrons. The third-order valence-electron chi connectivity index (χ3n) is 3.34. The van der Waals surface area contributed by atoms with Crippen LogP contribution in [0.4, 0.5) is 0 Å². The summed E-state index contributed by atoms with van der Waals surface area (Å²) in [6.07, 6.45) is 0. The standard InChI is InChI=1S/C14H18Cl2N2O2S/c1-11(2)10-17-5-7-18(8-6-17)21(19,20)14-9-12(15)3-4-13(14)16/h3-4,9H,1,5-8,10H2,2H3. The molecule has 1 saturated heterocycles. The Kier molecular flexibility index (Phi) is 5.33. The van der Waals surface area contributed by atoms with Gasteiger partial charge in [0.2, 0.25) is 10.0 Å². The second kappa shape index (κ2) is 6.67. The Balaban J connectivity index is 2.15. The highest BCUT2D eigenvalue weighted by Crippen LogP contribution is 2.28. The second-order valence-corrected chi connectivity index (χ2v) is 7.96. The highest BCUT2D eigenvalue weighted by Gasteiger charge is 2.30. The van der Waals surface area contributed by atoms with Gasteiger partial charge in [-0.2, -0.15) is 4.31 Å². The fourth-order valence-electron chi connectivity index (χ4n) is 2.32. The van der Waals surface area contributed by atoms with Crippen LogP contribution in [-0.4, -0.2) is 50.3 Å². The molecule has 0 amide bonds. The highest BCUT2D eigenvalue weighted by molar-refractivity contribution is 7.89. The van der Waals surface area contributed by atoms with Gasteiger partial charge in [-0.3, -0.25) is 4.90 Å². The molecule has 2 rings (SSSR count). The van der Waals surface area contributed by atoms with Crippen LogP contribution >= 0.6 is 23.2 Å². The van der Waals surface area contributed by atoms with Gasteiger partial charge in [-0.05, 0) is 25.1 Å². The average Bonchev–Trinajstić information content (AvgIpc) is 2.41. The first-order valence-corrected chi connectivity index (χ1v) is 8.82. The molecule has 0 bridgehead atoms. The molecule has 1 aromatic rings. The minimum absolute atomic E-state index is 0.0741. The smallest absolute Gasteiger partial charge is 0.244 e. The van der Waals surface area contributed by atoms with Gasteiger partial charge in [0.15, 0.2) is 0 Å². The maximum absolute atomic E-state index is 12.6. The van der Waals surface area contributed by atoms with Gasteiger partial charge in [0.1, 0.15) is 4.90 Å². The van der Waals surface area contributed by atoms with Crippen LogP contribution in [0.2, 0.25) is 10.0 Å². The quantitative estimate of drug-likeness (QED) is 0.785. The molecule has 0 radical (unpaired) electrons. The number of piperazine rings is 1. The molecule has 1 aromatic carbocycles. The molecule has 0 aliphatic carbocycles. The lowest BCUT2D eigenvalue weighted by Gasteiger charge is -2.34. The summed E-state index contributed by atoms with van der Waals surface area (Å²) in [7, 11) is -3.60. The third-order valence-corrected chi connectivity index (χ3v) is 5.95. The normalized spacial score (nSPS) is 17.9. The van der Waals surface area contributed by atoms with Crippen molar-refractivity contribution >= 4 is 33.2 Å². The van der Waals surface area contributed by atoms with E-state index in [1.54, 1.807) is 6.07 Å². The first kappa shape index (κ1) is 16.8. The molecule has 7 heteroatoms. The molecule has 1 fully saturated rings. The van der Waals surface area contributed by atoms with E-state index in [1.165, 1.54) is 16.4 Å². The zero-order valence-corrected chi connectivity index (χ0v) is 14.2. The van der Waals surface area contributed by atoms with E-state index in [-0.39, 0.29) is 9.92 Å². The summed E-state index contributed by atoms with van der Waals surface area (Å²) >= 11 is 11.9. The van der Waals surface area contributed by atoms with Crippen molar-refractivity contribution in [3.8, 4) is 0 Å². The minimum atomic E-state index is -3.60. The van der Waals surface area contributed by atoms with Gasteiger partial charge >= 0.3 is 0 Å². The largest absolute Gasteiger partial charge is 0.297 e. The zero-order chi connectivity index (χ0) is 15.6. The predicted molar refractivity (Wildman–Crippen MR) is 86.5 cm³/mol. The fourth-order valence-corrected chi connectivity index (χ4v) is 4.48. The van der Waals surface area contributed by atoms with Crippen molar-refractivity contribution in [1.82, 2.24) is 9.21 Å². The zero-order valence-electron chi connectivity index (χ0n) is 11.8. The Morgan fingerprint density at radius 3 is 2.43 bits per heavy atom. The van der Waals surface area contributed by atoms with Crippen molar-refractivity contribution in [1.29, 1.82) is 0 Å². The van der Waals surface area contributed by atoms with Gasteiger partial charge in [-0.15, -0.1) is 0 Å². The van der Waals surface area contributed by atoms with Crippen molar-refractivity contribution in [3.05, 3.63) is 40.4 Å². The molecular formula is C14H18Cl2N2O2S. The molecule has 1 aliphatic rings. The Morgan fingerprint density at radius 1 is 1.24 bits per heavy atom. The van der Waals surface area contributed by atoms with E-state index in [0.717, 1.165) is 12.1 Å². The lowest BCUT2D eigenvalue weighted by Crippen LogP contribution is -2.48. The maximum Gasteiger partial charge on any atom is 0.244 e. The molecule has 0 N–H and O–H groups in total. The second-order valence-electron chi connectivity index (χ2n) is 5.21. The first-order valence-electron chi connectivity index (χ1n) is 6.62. The summed E-state index contributed by atoms with van der Waals surface area (Å²) in [5.41, 5.74) is 1.07. The third kappa shape index (κ3) is 3.99. The minimum Gasteiger partial charge on any atom is -0.297 e. The molecule has 0 aromatic heterocycles. The summed E-state index contributed by atoms with van der Waals surface area (Å²) < 4.78 is 26.7. The SMILES string of the molecule is C=C(C)CN1CCN(S(=O)(=O)c2cc(Cl)ccc2Cl)CC1. The van der Waals surface area contributed by atoms with Crippen LogP contribution in [0.5, 0.6) is 0 Å². The Labute approximate surface area is 136 Å². The van der Waals surface area contributed by atoms with Crippen LogP contribution in [0.15, 0.2) is 35.2 Å². The number of halogens is 2. The predicted octanol–water partition coefficient (Wildman–Crippen LogP) is 2.88. The highest BCUT2D eigenvalue weighted by atomic mass is 35.5. The van der Waals surface area contributed by atoms with Crippen molar-refractivity contribution in [2.45, 2.75) is 11.8 Å². The summed E-state index contributed by atoms with van der Waals surface area (Å²) in [6, 6.07) is 4.49. The number of rotatable bonds is 4. The van der Waals surface area contributed by atoms with Crippen LogP contribution in [0.25, 0.3) is 0 Å². The van der Waals surface area contributed by atoms with E-state index < -0.39 is 10.0 Å². The molecule has 0 atom stereocenters. The fraction of sp³-hybridized carbons (Fsp3) is 0.429. The van der Waals surface area contributed by atoms with E-state index in [1.807, 2.05) is 6.92 Å². The van der Waals surface area contributed by atoms with Crippen molar-refractivity contribution in [2.24, 2.45) is 0 Å². The number of hydrogen-bond donors (Lipinski definition) is 0. The summed E-state index contributed by atoms with van der Waals surface area (Å²) in [5, 5.41) is 0.558. The van der Waals surface area contributed by atoms with E-state index >= 15 is 0 Å². The Hall–Kier alpha value is -0.590. The van der Waals surface area contributed by atoms with Crippen LogP contribution in [0, 0.1) is 0 Å². The van der Waals surface area contributed by atoms with Crippen LogP contribution in [-0.2, 0) is 10.0 Å². The molecule has 21 heavy (non-hydrogen) atoms. The van der Waals surface area contributed by atoms with Gasteiger partial charge in [-0.25, -0.2) is 8.42 Å². The van der Waals surface area contributed by atoms with Gasteiger partial charge in [0.25, 0.3) is 0 Å². The van der Waals surface area contributed by atoms with Gasteiger partial charge in [-0.1, -0.05) is 35.4 Å². The Morgan fingerprint density at radius 2 is 1.86 bits per heavy atom. The van der Waals surface area contributed by atoms with E-state index in [2.05, 4.69) is 11.5 Å². The van der Waals surface area contributed by atoms with Crippen LogP contribution in [0.1, 0.15) is 6.92 Å². The number of sulfonamides is 1. The molecule has 1 heterocycles. The van der Waals surface area contributed by atoms with Crippen LogP contribution in [0.3, 0.4) is 0 Å². The van der Waals surface area contributed by atoms with Crippen LogP contribution < -0.4 is 0 Å². The summed E-state index contributed by atoms with van der Waals surface area (Å²) in [6.45, 7) is 8.90. The topological polar surface area (TPSA) is 40.6 Å². The molecule has 1 aliphatic heterocycles. The first-order chi connectivity index (χ1) is 9.80. The lowest BCUT2D eigenvalue weighted by molar-refractivity contribution is 0.201. The molecule has 0 unspecified atom stereocenters. The summed E-state index contributed by atoms with van der Waals surface area (Å²) in [5.74, 6) is 0. The van der Waals surface area contributed by atoms with Gasteiger partial charge in [0, 0.05) is 37.7 Å². The van der Waals surface area contributed by atoms with Gasteiger partial charge in [0.05, 0.1) is 5.02 Å². The van der Waals surface area contributed by atoms with Crippen molar-refractivity contribution in [2.75, 3.05) is 32.7 Å². The lowest BCUT2D eigenvalue weighted by atomic mass is 10.3. The maximum atomic E-state index is 12.6. The van der Waals surface area contributed by atoms with E-state index in [0.29, 0.717) is 31.2 Å². The van der Waals surface area contributed by atoms with Crippen molar-refractivity contribution < 1.29 is 8.42 Å². The Bertz CT molecular complexity index is 638. The van der Waals surface area contributed by atoms with E-state index in [4.69, 9.17) is 23.2 Å². The molecule has 4 nitrogen and oxygen atoms in total.